The highest BCUT2D eigenvalue weighted by Crippen LogP contribution is 2.35. The number of nitrogens with zero attached hydrogens (tertiary/aromatic N) is 2. The second kappa shape index (κ2) is 8.76. The van der Waals surface area contributed by atoms with Crippen LogP contribution in [0.5, 0.6) is 5.75 Å². The minimum atomic E-state index is -0.463. The largest absolute Gasteiger partial charge is 0.495 e. The van der Waals surface area contributed by atoms with Crippen LogP contribution in [0.3, 0.4) is 0 Å². The van der Waals surface area contributed by atoms with Crippen molar-refractivity contribution in [3.63, 3.8) is 0 Å². The van der Waals surface area contributed by atoms with Crippen molar-refractivity contribution in [1.29, 1.82) is 0 Å². The van der Waals surface area contributed by atoms with E-state index in [1.807, 2.05) is 36.4 Å². The summed E-state index contributed by atoms with van der Waals surface area (Å²) in [5.41, 5.74) is 2.48. The zero-order valence-corrected chi connectivity index (χ0v) is 17.3. The third-order valence-corrected chi connectivity index (χ3v) is 5.66. The third kappa shape index (κ3) is 4.29. The molecule has 4 aromatic rings. The first kappa shape index (κ1) is 20.2. The maximum absolute atomic E-state index is 13.2. The second-order valence-corrected chi connectivity index (χ2v) is 7.52. The Morgan fingerprint density at radius 1 is 0.968 bits per heavy atom. The summed E-state index contributed by atoms with van der Waals surface area (Å²) in [6.07, 6.45) is 0. The maximum atomic E-state index is 13.2. The molecule has 3 aromatic carbocycles. The zero-order valence-electron chi connectivity index (χ0n) is 16.4. The number of aromatic nitrogens is 1. The Kier molecular flexibility index (Phi) is 5.72. The number of ether oxygens (including phenoxy) is 1. The first-order valence-corrected chi connectivity index (χ1v) is 10.1. The van der Waals surface area contributed by atoms with Crippen LogP contribution in [0.25, 0.3) is 21.8 Å². The van der Waals surface area contributed by atoms with Gasteiger partial charge in [-0.3, -0.25) is 14.9 Å². The summed E-state index contributed by atoms with van der Waals surface area (Å²) in [5.74, 6) is 0.207. The van der Waals surface area contributed by atoms with E-state index in [-0.39, 0.29) is 11.6 Å². The predicted molar refractivity (Wildman–Crippen MR) is 121 cm³/mol. The van der Waals surface area contributed by atoms with E-state index in [0.29, 0.717) is 32.6 Å². The van der Waals surface area contributed by atoms with Gasteiger partial charge < -0.3 is 10.1 Å². The fourth-order valence-electron chi connectivity index (χ4n) is 3.04. The Morgan fingerprint density at radius 3 is 2.32 bits per heavy atom. The van der Waals surface area contributed by atoms with Crippen LogP contribution >= 0.6 is 11.3 Å². The number of carbonyl (C=O) groups is 1. The number of hydrogen-bond donors (Lipinski definition) is 1. The van der Waals surface area contributed by atoms with E-state index in [0.717, 1.165) is 5.56 Å². The second-order valence-electron chi connectivity index (χ2n) is 6.52. The molecular weight excluding hydrogens is 414 g/mol. The fourth-order valence-corrected chi connectivity index (χ4v) is 4.03. The number of rotatable bonds is 6. The molecule has 0 fully saturated rings. The molecule has 0 unspecified atom stereocenters. The molecule has 0 saturated heterocycles. The van der Waals surface area contributed by atoms with Crippen molar-refractivity contribution < 1.29 is 14.5 Å². The van der Waals surface area contributed by atoms with E-state index in [9.17, 15) is 14.9 Å². The van der Waals surface area contributed by atoms with E-state index in [2.05, 4.69) is 10.3 Å². The average molecular weight is 431 g/mol. The molecule has 0 spiro atoms. The Bertz CT molecular complexity index is 1240. The Morgan fingerprint density at radius 2 is 1.65 bits per heavy atom. The number of amides is 1. The van der Waals surface area contributed by atoms with Crippen molar-refractivity contribution in [3.05, 3.63) is 93.9 Å². The van der Waals surface area contributed by atoms with Gasteiger partial charge in [-0.25, -0.2) is 4.98 Å². The lowest BCUT2D eigenvalue weighted by Crippen LogP contribution is -2.12. The number of methoxy groups -OCH3 is 1. The number of anilines is 1. The fraction of sp³-hybridized carbons (Fsp3) is 0.0435. The Labute approximate surface area is 182 Å². The number of carbonyl (C=O) groups excluding carboxylic acids is 1. The third-order valence-electron chi connectivity index (χ3n) is 4.56. The molecule has 0 aliphatic rings. The van der Waals surface area contributed by atoms with Gasteiger partial charge in [0.1, 0.15) is 15.6 Å². The first-order valence-electron chi connectivity index (χ1n) is 9.32. The van der Waals surface area contributed by atoms with Crippen molar-refractivity contribution in [2.24, 2.45) is 0 Å². The van der Waals surface area contributed by atoms with Gasteiger partial charge in [0.2, 0.25) is 0 Å². The molecule has 0 bridgehead atoms. The van der Waals surface area contributed by atoms with E-state index >= 15 is 0 Å². The molecule has 1 N–H and O–H groups in total. The van der Waals surface area contributed by atoms with Gasteiger partial charge in [0.05, 0.1) is 23.4 Å². The summed E-state index contributed by atoms with van der Waals surface area (Å²) < 4.78 is 5.32. The van der Waals surface area contributed by atoms with E-state index in [4.69, 9.17) is 4.74 Å². The average Bonchev–Trinajstić information content (AvgIpc) is 3.26. The highest BCUT2D eigenvalue weighted by Gasteiger charge is 2.22. The molecule has 0 atom stereocenters. The number of nitrogens with one attached hydrogen (secondary N) is 1. The molecule has 31 heavy (non-hydrogen) atoms. The number of nitro benzene ring substituents is 1. The van der Waals surface area contributed by atoms with Crippen molar-refractivity contribution in [2.75, 3.05) is 12.4 Å². The number of para-hydroxylation sites is 2. The molecule has 1 heterocycles. The molecule has 154 valence electrons. The molecule has 0 saturated carbocycles. The smallest absolute Gasteiger partial charge is 0.269 e. The summed E-state index contributed by atoms with van der Waals surface area (Å²) in [5, 5.41) is 14.6. The minimum Gasteiger partial charge on any atom is -0.495 e. The molecule has 1 amide bonds. The predicted octanol–water partition coefficient (Wildman–Crippen LogP) is 5.65. The van der Waals surface area contributed by atoms with E-state index in [1.165, 1.54) is 30.6 Å². The summed E-state index contributed by atoms with van der Waals surface area (Å²) >= 11 is 1.26. The van der Waals surface area contributed by atoms with Crippen LogP contribution in [0.1, 0.15) is 9.67 Å². The number of thiazole rings is 1. The molecule has 0 radical (unpaired) electrons. The maximum Gasteiger partial charge on any atom is 0.269 e. The van der Waals surface area contributed by atoms with Gasteiger partial charge in [0.15, 0.2) is 0 Å². The van der Waals surface area contributed by atoms with Crippen LogP contribution in [0.2, 0.25) is 0 Å². The number of nitro groups is 1. The number of benzene rings is 3. The van der Waals surface area contributed by atoms with Crippen LogP contribution in [-0.2, 0) is 0 Å². The molecule has 0 aliphatic carbocycles. The lowest BCUT2D eigenvalue weighted by Gasteiger charge is -2.09. The zero-order chi connectivity index (χ0) is 21.8. The summed E-state index contributed by atoms with van der Waals surface area (Å²) in [6.45, 7) is 0. The monoisotopic (exact) mass is 431 g/mol. The van der Waals surface area contributed by atoms with Crippen molar-refractivity contribution in [3.8, 4) is 27.6 Å². The van der Waals surface area contributed by atoms with Crippen LogP contribution in [0, 0.1) is 10.1 Å². The van der Waals surface area contributed by atoms with Crippen molar-refractivity contribution >= 4 is 28.6 Å². The first-order chi connectivity index (χ1) is 15.1. The summed E-state index contributed by atoms with van der Waals surface area (Å²) in [6, 6.07) is 22.7. The lowest BCUT2D eigenvalue weighted by atomic mass is 10.1. The van der Waals surface area contributed by atoms with Crippen molar-refractivity contribution in [1.82, 2.24) is 4.98 Å². The van der Waals surface area contributed by atoms with Gasteiger partial charge in [-0.2, -0.15) is 0 Å². The normalized spacial score (nSPS) is 10.5. The Balaban J connectivity index is 1.77. The topological polar surface area (TPSA) is 94.4 Å². The Hall–Kier alpha value is -4.04. The molecule has 4 rings (SSSR count). The highest BCUT2D eigenvalue weighted by molar-refractivity contribution is 7.17. The molecule has 1 aromatic heterocycles. The molecule has 8 heteroatoms. The summed E-state index contributed by atoms with van der Waals surface area (Å²) in [4.78, 5) is 28.8. The molecular formula is C23H17N3O4S. The highest BCUT2D eigenvalue weighted by atomic mass is 32.1. The van der Waals surface area contributed by atoms with Crippen molar-refractivity contribution in [2.45, 2.75) is 0 Å². The van der Waals surface area contributed by atoms with Crippen LogP contribution in [-0.4, -0.2) is 22.9 Å². The van der Waals surface area contributed by atoms with Gasteiger partial charge in [-0.05, 0) is 24.3 Å². The van der Waals surface area contributed by atoms with E-state index < -0.39 is 4.92 Å². The van der Waals surface area contributed by atoms with Crippen LogP contribution < -0.4 is 10.1 Å². The summed E-state index contributed by atoms with van der Waals surface area (Å²) in [7, 11) is 1.54. The number of hydrogen-bond acceptors (Lipinski definition) is 6. The van der Waals surface area contributed by atoms with Gasteiger partial charge >= 0.3 is 0 Å². The van der Waals surface area contributed by atoms with Gasteiger partial charge in [-0.1, -0.05) is 42.5 Å². The van der Waals surface area contributed by atoms with Crippen LogP contribution in [0.15, 0.2) is 78.9 Å². The molecule has 0 aliphatic heterocycles. The van der Waals surface area contributed by atoms with E-state index in [1.54, 1.807) is 30.3 Å². The van der Waals surface area contributed by atoms with Crippen LogP contribution in [0.4, 0.5) is 11.4 Å². The van der Waals surface area contributed by atoms with Gasteiger partial charge in [0, 0.05) is 23.3 Å². The molecule has 7 nitrogen and oxygen atoms in total. The quantitative estimate of drug-likeness (QED) is 0.315. The number of non-ortho nitro benzene ring substituents is 1. The lowest BCUT2D eigenvalue weighted by molar-refractivity contribution is -0.384. The SMILES string of the molecule is COc1ccccc1NC(=O)c1sc(-c2ccccc2)nc1-c1ccc([N+](=O)[O-])cc1. The van der Waals surface area contributed by atoms with Gasteiger partial charge in [-0.15, -0.1) is 11.3 Å². The standard InChI is InChI=1S/C23H17N3O4S/c1-30-19-10-6-5-9-18(19)24-22(27)21-20(15-11-13-17(14-12-15)26(28)29)25-23(31-21)16-7-3-2-4-8-16/h2-14H,1H3,(H,24,27). The minimum absolute atomic E-state index is 0.0257. The van der Waals surface area contributed by atoms with Gasteiger partial charge in [0.25, 0.3) is 11.6 Å².